The zero-order valence-electron chi connectivity index (χ0n) is 17.7. The van der Waals surface area contributed by atoms with Crippen molar-refractivity contribution in [1.82, 2.24) is 10.2 Å². The number of halogens is 2. The van der Waals surface area contributed by atoms with Crippen LogP contribution in [0.25, 0.3) is 0 Å². The summed E-state index contributed by atoms with van der Waals surface area (Å²) in [6, 6.07) is 11.1. The van der Waals surface area contributed by atoms with Crippen molar-refractivity contribution in [3.63, 3.8) is 0 Å². The molecule has 2 aromatic rings. The van der Waals surface area contributed by atoms with Gasteiger partial charge in [0.15, 0.2) is 11.6 Å². The van der Waals surface area contributed by atoms with Gasteiger partial charge in [0.25, 0.3) is 0 Å². The SMILES string of the molecule is COc1ccc(CC(=O)N2CCC[C@H](CCC(=O)NCc3ccc(F)c(F)c3)C2)cc1. The number of methoxy groups -OCH3 is 1. The van der Waals surface area contributed by atoms with Gasteiger partial charge in [0.2, 0.25) is 11.8 Å². The van der Waals surface area contributed by atoms with Gasteiger partial charge in [0.05, 0.1) is 13.5 Å². The van der Waals surface area contributed by atoms with E-state index in [2.05, 4.69) is 5.32 Å². The molecule has 1 atom stereocenters. The van der Waals surface area contributed by atoms with Crippen molar-refractivity contribution in [2.45, 2.75) is 38.6 Å². The van der Waals surface area contributed by atoms with E-state index in [0.29, 0.717) is 31.4 Å². The van der Waals surface area contributed by atoms with Gasteiger partial charge >= 0.3 is 0 Å². The van der Waals surface area contributed by atoms with E-state index in [4.69, 9.17) is 4.74 Å². The van der Waals surface area contributed by atoms with Gasteiger partial charge in [-0.25, -0.2) is 8.78 Å². The zero-order chi connectivity index (χ0) is 22.2. The van der Waals surface area contributed by atoms with Gasteiger partial charge in [-0.1, -0.05) is 18.2 Å². The third-order valence-corrected chi connectivity index (χ3v) is 5.64. The minimum Gasteiger partial charge on any atom is -0.497 e. The molecule has 0 aliphatic carbocycles. The van der Waals surface area contributed by atoms with Gasteiger partial charge in [-0.05, 0) is 60.6 Å². The van der Waals surface area contributed by atoms with Crippen LogP contribution in [0.4, 0.5) is 8.78 Å². The summed E-state index contributed by atoms with van der Waals surface area (Å²) in [6.45, 7) is 1.56. The molecular weight excluding hydrogens is 402 g/mol. The summed E-state index contributed by atoms with van der Waals surface area (Å²) >= 11 is 0. The van der Waals surface area contributed by atoms with Gasteiger partial charge in [-0.3, -0.25) is 9.59 Å². The highest BCUT2D eigenvalue weighted by atomic mass is 19.2. The summed E-state index contributed by atoms with van der Waals surface area (Å²) in [5.41, 5.74) is 1.46. The topological polar surface area (TPSA) is 58.6 Å². The van der Waals surface area contributed by atoms with Gasteiger partial charge in [0, 0.05) is 26.1 Å². The number of hydrogen-bond acceptors (Lipinski definition) is 3. The van der Waals surface area contributed by atoms with Crippen LogP contribution < -0.4 is 10.1 Å². The number of rotatable bonds is 8. The molecule has 1 N–H and O–H groups in total. The molecule has 1 aliphatic heterocycles. The molecule has 0 bridgehead atoms. The second-order valence-electron chi connectivity index (χ2n) is 7.94. The molecule has 1 fully saturated rings. The van der Waals surface area contributed by atoms with Crippen LogP contribution in [0.2, 0.25) is 0 Å². The summed E-state index contributed by atoms with van der Waals surface area (Å²) in [5.74, 6) is -0.824. The number of amides is 2. The van der Waals surface area contributed by atoms with Gasteiger partial charge in [-0.2, -0.15) is 0 Å². The Morgan fingerprint density at radius 2 is 1.84 bits per heavy atom. The van der Waals surface area contributed by atoms with Crippen LogP contribution in [-0.4, -0.2) is 36.9 Å². The van der Waals surface area contributed by atoms with Crippen LogP contribution >= 0.6 is 0 Å². The van der Waals surface area contributed by atoms with Crippen LogP contribution in [0.1, 0.15) is 36.8 Å². The lowest BCUT2D eigenvalue weighted by Gasteiger charge is -2.33. The summed E-state index contributed by atoms with van der Waals surface area (Å²) in [6.07, 6.45) is 3.30. The van der Waals surface area contributed by atoms with Crippen LogP contribution in [0.15, 0.2) is 42.5 Å². The third kappa shape index (κ3) is 6.77. The first-order valence-electron chi connectivity index (χ1n) is 10.6. The number of nitrogens with zero attached hydrogens (tertiary/aromatic N) is 1. The Morgan fingerprint density at radius 1 is 1.10 bits per heavy atom. The zero-order valence-corrected chi connectivity index (χ0v) is 17.7. The maximum absolute atomic E-state index is 13.2. The quantitative estimate of drug-likeness (QED) is 0.692. The molecule has 0 unspecified atom stereocenters. The van der Waals surface area contributed by atoms with E-state index in [1.165, 1.54) is 6.07 Å². The maximum atomic E-state index is 13.2. The number of benzene rings is 2. The van der Waals surface area contributed by atoms with E-state index < -0.39 is 11.6 Å². The summed E-state index contributed by atoms with van der Waals surface area (Å²) < 4.78 is 31.4. The minimum absolute atomic E-state index is 0.0951. The summed E-state index contributed by atoms with van der Waals surface area (Å²) in [7, 11) is 1.61. The fraction of sp³-hybridized carbons (Fsp3) is 0.417. The Kier molecular flexibility index (Phi) is 7.98. The van der Waals surface area contributed by atoms with Gasteiger partial charge in [0.1, 0.15) is 5.75 Å². The second kappa shape index (κ2) is 10.9. The Hall–Kier alpha value is -2.96. The van der Waals surface area contributed by atoms with Crippen molar-refractivity contribution in [3.8, 4) is 5.75 Å². The van der Waals surface area contributed by atoms with Crippen LogP contribution in [0.3, 0.4) is 0 Å². The Labute approximate surface area is 181 Å². The van der Waals surface area contributed by atoms with Crippen LogP contribution in [0, 0.1) is 17.6 Å². The molecular formula is C24H28F2N2O3. The molecule has 1 aliphatic rings. The second-order valence-corrected chi connectivity index (χ2v) is 7.94. The van der Waals surface area contributed by atoms with E-state index in [1.54, 1.807) is 7.11 Å². The Morgan fingerprint density at radius 3 is 2.55 bits per heavy atom. The van der Waals surface area contributed by atoms with Crippen molar-refractivity contribution in [2.75, 3.05) is 20.2 Å². The molecule has 0 radical (unpaired) electrons. The first kappa shape index (κ1) is 22.7. The fourth-order valence-electron chi connectivity index (χ4n) is 3.83. The number of likely N-dealkylation sites (tertiary alicyclic amines) is 1. The average Bonchev–Trinajstić information content (AvgIpc) is 2.79. The number of carbonyl (C=O) groups is 2. The molecule has 1 saturated heterocycles. The number of ether oxygens (including phenoxy) is 1. The molecule has 1 heterocycles. The molecule has 0 spiro atoms. The van der Waals surface area contributed by atoms with Crippen molar-refractivity contribution in [1.29, 1.82) is 0 Å². The summed E-state index contributed by atoms with van der Waals surface area (Å²) in [5, 5.41) is 2.74. The van der Waals surface area contributed by atoms with E-state index in [-0.39, 0.29) is 24.3 Å². The van der Waals surface area contributed by atoms with Crippen molar-refractivity contribution < 1.29 is 23.1 Å². The average molecular weight is 430 g/mol. The molecule has 5 nitrogen and oxygen atoms in total. The van der Waals surface area contributed by atoms with Crippen molar-refractivity contribution in [2.24, 2.45) is 5.92 Å². The van der Waals surface area contributed by atoms with Crippen molar-refractivity contribution in [3.05, 3.63) is 65.2 Å². The van der Waals surface area contributed by atoms with E-state index in [0.717, 1.165) is 42.8 Å². The molecule has 2 aromatic carbocycles. The fourth-order valence-corrected chi connectivity index (χ4v) is 3.83. The molecule has 166 valence electrons. The molecule has 31 heavy (non-hydrogen) atoms. The third-order valence-electron chi connectivity index (χ3n) is 5.64. The first-order chi connectivity index (χ1) is 14.9. The largest absolute Gasteiger partial charge is 0.497 e. The van der Waals surface area contributed by atoms with Crippen molar-refractivity contribution >= 4 is 11.8 Å². The molecule has 3 rings (SSSR count). The molecule has 7 heteroatoms. The lowest BCUT2D eigenvalue weighted by molar-refractivity contribution is -0.132. The number of piperidine rings is 1. The number of hydrogen-bond donors (Lipinski definition) is 1. The predicted octanol–water partition coefficient (Wildman–Crippen LogP) is 3.85. The van der Waals surface area contributed by atoms with E-state index in [1.807, 2.05) is 29.2 Å². The normalized spacial score (nSPS) is 16.1. The Balaban J connectivity index is 1.41. The highest BCUT2D eigenvalue weighted by molar-refractivity contribution is 5.79. The lowest BCUT2D eigenvalue weighted by Crippen LogP contribution is -2.41. The summed E-state index contributed by atoms with van der Waals surface area (Å²) in [4.78, 5) is 26.7. The maximum Gasteiger partial charge on any atom is 0.226 e. The number of carbonyl (C=O) groups excluding carboxylic acids is 2. The Bertz CT molecular complexity index is 902. The van der Waals surface area contributed by atoms with E-state index in [9.17, 15) is 18.4 Å². The molecule has 0 aromatic heterocycles. The van der Waals surface area contributed by atoms with Crippen LogP contribution in [0.5, 0.6) is 5.75 Å². The van der Waals surface area contributed by atoms with Gasteiger partial charge < -0.3 is 15.0 Å². The first-order valence-corrected chi connectivity index (χ1v) is 10.6. The predicted molar refractivity (Wildman–Crippen MR) is 113 cm³/mol. The molecule has 0 saturated carbocycles. The highest BCUT2D eigenvalue weighted by Gasteiger charge is 2.24. The monoisotopic (exact) mass is 430 g/mol. The molecule has 2 amide bonds. The minimum atomic E-state index is -0.923. The van der Waals surface area contributed by atoms with Gasteiger partial charge in [-0.15, -0.1) is 0 Å². The van der Waals surface area contributed by atoms with Crippen LogP contribution in [-0.2, 0) is 22.6 Å². The van der Waals surface area contributed by atoms with E-state index >= 15 is 0 Å². The lowest BCUT2D eigenvalue weighted by atomic mass is 9.93. The highest BCUT2D eigenvalue weighted by Crippen LogP contribution is 2.22. The smallest absolute Gasteiger partial charge is 0.226 e. The number of nitrogens with one attached hydrogen (secondary N) is 1. The standard InChI is InChI=1S/C24H28F2N2O3/c1-31-20-8-4-17(5-9-20)14-24(30)28-12-2-3-18(16-28)7-11-23(29)27-15-19-6-10-21(25)22(26)13-19/h4-6,8-10,13,18H,2-3,7,11-12,14-16H2,1H3,(H,27,29)/t18-/m1/s1.